The number of anilines is 1. The fourth-order valence-corrected chi connectivity index (χ4v) is 3.38. The number of benzene rings is 2. The highest BCUT2D eigenvalue weighted by molar-refractivity contribution is 6.19. The van der Waals surface area contributed by atoms with E-state index in [1.165, 1.54) is 6.07 Å². The number of nitrogens with zero attached hydrogens (tertiary/aromatic N) is 1. The molecule has 0 fully saturated rings. The summed E-state index contributed by atoms with van der Waals surface area (Å²) >= 11 is 0. The minimum atomic E-state index is -4.47. The van der Waals surface area contributed by atoms with Gasteiger partial charge in [0.25, 0.3) is 0 Å². The van der Waals surface area contributed by atoms with Gasteiger partial charge in [-0.25, -0.2) is 0 Å². The Bertz CT molecular complexity index is 855. The van der Waals surface area contributed by atoms with E-state index in [1.807, 2.05) is 19.9 Å². The maximum Gasteiger partial charge on any atom is 0.416 e. The van der Waals surface area contributed by atoms with E-state index in [-0.39, 0.29) is 17.4 Å². The highest BCUT2D eigenvalue weighted by atomic mass is 19.4. The molecule has 0 saturated heterocycles. The van der Waals surface area contributed by atoms with E-state index in [0.29, 0.717) is 17.0 Å². The number of amides is 1. The molecule has 0 saturated carbocycles. The molecule has 27 heavy (non-hydrogen) atoms. The predicted molar refractivity (Wildman–Crippen MR) is 100 cm³/mol. The Labute approximate surface area is 156 Å². The van der Waals surface area contributed by atoms with Crippen LogP contribution < -0.4 is 5.32 Å². The van der Waals surface area contributed by atoms with Gasteiger partial charge in [0.2, 0.25) is 5.91 Å². The first-order valence-corrected chi connectivity index (χ1v) is 9.00. The molecule has 1 N–H and O–H groups in total. The third-order valence-corrected chi connectivity index (χ3v) is 4.94. The van der Waals surface area contributed by atoms with E-state index in [2.05, 4.69) is 10.3 Å². The van der Waals surface area contributed by atoms with Gasteiger partial charge in [-0.2, -0.15) is 13.2 Å². The molecule has 0 bridgehead atoms. The summed E-state index contributed by atoms with van der Waals surface area (Å²) in [7, 11) is 0. The van der Waals surface area contributed by atoms with Crippen molar-refractivity contribution in [1.29, 1.82) is 0 Å². The number of fused-ring (bicyclic) bond motifs is 1. The third kappa shape index (κ3) is 3.89. The first kappa shape index (κ1) is 19.1. The first-order valence-electron chi connectivity index (χ1n) is 9.00. The first-order chi connectivity index (χ1) is 12.8. The molecule has 1 atom stereocenters. The van der Waals surface area contributed by atoms with Crippen LogP contribution in [0.1, 0.15) is 43.4 Å². The Hall–Kier alpha value is -2.63. The number of nitrogens with one attached hydrogen (secondary N) is 1. The summed E-state index contributed by atoms with van der Waals surface area (Å²) in [4.78, 5) is 17.4. The number of carbonyl (C=O) groups excluding carboxylic acids is 1. The maximum absolute atomic E-state index is 13.3. The second kappa shape index (κ2) is 7.55. The molecule has 2 aromatic rings. The van der Waals surface area contributed by atoms with Gasteiger partial charge in [0.05, 0.1) is 17.0 Å². The van der Waals surface area contributed by atoms with Crippen molar-refractivity contribution in [1.82, 2.24) is 0 Å². The van der Waals surface area contributed by atoms with E-state index in [4.69, 9.17) is 0 Å². The van der Waals surface area contributed by atoms with E-state index in [9.17, 15) is 18.0 Å². The van der Waals surface area contributed by atoms with Crippen molar-refractivity contribution >= 4 is 17.3 Å². The minimum absolute atomic E-state index is 0.0140. The Morgan fingerprint density at radius 2 is 1.74 bits per heavy atom. The van der Waals surface area contributed by atoms with Crippen LogP contribution in [-0.2, 0) is 11.0 Å². The van der Waals surface area contributed by atoms with Gasteiger partial charge in [0.15, 0.2) is 0 Å². The van der Waals surface area contributed by atoms with Crippen LogP contribution in [0.3, 0.4) is 0 Å². The number of benzodiazepines with no additional fused rings is 1. The summed E-state index contributed by atoms with van der Waals surface area (Å²) in [6.45, 7) is 3.97. The lowest BCUT2D eigenvalue weighted by Gasteiger charge is -2.20. The molecule has 142 valence electrons. The molecule has 1 heterocycles. The van der Waals surface area contributed by atoms with Gasteiger partial charge < -0.3 is 5.32 Å². The number of hydrogen-bond donors (Lipinski definition) is 1. The van der Waals surface area contributed by atoms with Gasteiger partial charge >= 0.3 is 6.18 Å². The van der Waals surface area contributed by atoms with Gasteiger partial charge in [-0.3, -0.25) is 9.79 Å². The van der Waals surface area contributed by atoms with Crippen molar-refractivity contribution in [3.8, 4) is 0 Å². The number of halogens is 3. The van der Waals surface area contributed by atoms with Crippen LogP contribution in [0, 0.1) is 5.92 Å². The average Bonchev–Trinajstić information content (AvgIpc) is 2.79. The second-order valence-corrected chi connectivity index (χ2v) is 6.61. The lowest BCUT2D eigenvalue weighted by Crippen LogP contribution is -2.32. The van der Waals surface area contributed by atoms with Crippen molar-refractivity contribution in [3.05, 3.63) is 65.2 Å². The zero-order valence-electron chi connectivity index (χ0n) is 15.2. The van der Waals surface area contributed by atoms with Gasteiger partial charge in [-0.15, -0.1) is 0 Å². The van der Waals surface area contributed by atoms with Crippen molar-refractivity contribution in [2.45, 2.75) is 38.9 Å². The lowest BCUT2D eigenvalue weighted by molar-refractivity contribution is -0.137. The normalized spacial score (nSPS) is 17.2. The highest BCUT2D eigenvalue weighted by Crippen LogP contribution is 2.34. The van der Waals surface area contributed by atoms with Crippen LogP contribution in [0.4, 0.5) is 18.9 Å². The molecule has 0 aliphatic carbocycles. The fourth-order valence-electron chi connectivity index (χ4n) is 3.38. The molecular formula is C21H21F3N2O. The van der Waals surface area contributed by atoms with Crippen LogP contribution in [0.25, 0.3) is 0 Å². The smallest absolute Gasteiger partial charge is 0.324 e. The molecule has 0 radical (unpaired) electrons. The van der Waals surface area contributed by atoms with Crippen molar-refractivity contribution in [2.24, 2.45) is 10.9 Å². The lowest BCUT2D eigenvalue weighted by atomic mass is 9.93. The Morgan fingerprint density at radius 3 is 2.33 bits per heavy atom. The monoisotopic (exact) mass is 374 g/mol. The molecule has 3 rings (SSSR count). The summed E-state index contributed by atoms with van der Waals surface area (Å²) in [5, 5.41) is 2.78. The third-order valence-electron chi connectivity index (χ3n) is 4.94. The Kier molecular flexibility index (Phi) is 5.35. The molecular weight excluding hydrogens is 353 g/mol. The number of rotatable bonds is 4. The molecule has 1 aliphatic heterocycles. The van der Waals surface area contributed by atoms with Crippen LogP contribution in [0.15, 0.2) is 53.5 Å². The molecule has 2 aromatic carbocycles. The van der Waals surface area contributed by atoms with Crippen LogP contribution >= 0.6 is 0 Å². The van der Waals surface area contributed by atoms with Gasteiger partial charge in [0.1, 0.15) is 6.04 Å². The summed E-state index contributed by atoms with van der Waals surface area (Å²) < 4.78 is 39.8. The topological polar surface area (TPSA) is 41.5 Å². The molecule has 3 nitrogen and oxygen atoms in total. The SMILES string of the molecule is CCC(CC)[C@@H]1N=C(c2ccccc2)c2cc(C(F)(F)F)ccc2NC1=O. The standard InChI is InChI=1S/C21H21F3N2O/c1-3-13(4-2)19-20(27)25-17-11-10-15(21(22,23)24)12-16(17)18(26-19)14-8-6-5-7-9-14/h5-13,19H,3-4H2,1-2H3,(H,25,27)/t19-/m0/s1. The predicted octanol–water partition coefficient (Wildman–Crippen LogP) is 5.30. The molecule has 1 amide bonds. The van der Waals surface area contributed by atoms with Crippen LogP contribution in [-0.4, -0.2) is 17.7 Å². The summed E-state index contributed by atoms with van der Waals surface area (Å²) in [6, 6.07) is 11.7. The Balaban J connectivity index is 2.23. The van der Waals surface area contributed by atoms with E-state index < -0.39 is 17.8 Å². The second-order valence-electron chi connectivity index (χ2n) is 6.61. The molecule has 0 spiro atoms. The van der Waals surface area contributed by atoms with E-state index in [1.54, 1.807) is 24.3 Å². The number of alkyl halides is 3. The molecule has 0 aromatic heterocycles. The number of carbonyl (C=O) groups is 1. The fraction of sp³-hybridized carbons (Fsp3) is 0.333. The zero-order chi connectivity index (χ0) is 19.6. The summed E-state index contributed by atoms with van der Waals surface area (Å²) in [5.74, 6) is -0.268. The maximum atomic E-state index is 13.3. The largest absolute Gasteiger partial charge is 0.416 e. The minimum Gasteiger partial charge on any atom is -0.324 e. The van der Waals surface area contributed by atoms with E-state index in [0.717, 1.165) is 25.0 Å². The Morgan fingerprint density at radius 1 is 1.07 bits per heavy atom. The van der Waals surface area contributed by atoms with Crippen molar-refractivity contribution < 1.29 is 18.0 Å². The highest BCUT2D eigenvalue weighted by Gasteiger charge is 2.34. The molecule has 0 unspecified atom stereocenters. The van der Waals surface area contributed by atoms with Gasteiger partial charge in [-0.05, 0) is 24.1 Å². The van der Waals surface area contributed by atoms with Gasteiger partial charge in [-0.1, -0.05) is 57.0 Å². The van der Waals surface area contributed by atoms with Crippen molar-refractivity contribution in [3.63, 3.8) is 0 Å². The molecule has 1 aliphatic rings. The van der Waals surface area contributed by atoms with Gasteiger partial charge in [0, 0.05) is 11.1 Å². The summed E-state index contributed by atoms with van der Waals surface area (Å²) in [6.07, 6.45) is -2.96. The number of hydrogen-bond acceptors (Lipinski definition) is 2. The molecule has 6 heteroatoms. The zero-order valence-corrected chi connectivity index (χ0v) is 15.2. The van der Waals surface area contributed by atoms with Crippen LogP contribution in [0.2, 0.25) is 0 Å². The number of aliphatic imine (C=N–C) groups is 1. The van der Waals surface area contributed by atoms with Crippen LogP contribution in [0.5, 0.6) is 0 Å². The quantitative estimate of drug-likeness (QED) is 0.775. The van der Waals surface area contributed by atoms with Crippen molar-refractivity contribution in [2.75, 3.05) is 5.32 Å². The summed E-state index contributed by atoms with van der Waals surface area (Å²) in [5.41, 5.74) is 0.972. The average molecular weight is 374 g/mol. The van der Waals surface area contributed by atoms with E-state index >= 15 is 0 Å².